The van der Waals surface area contributed by atoms with Gasteiger partial charge in [-0.1, -0.05) is 13.3 Å². The molecule has 0 unspecified atom stereocenters. The van der Waals surface area contributed by atoms with Gasteiger partial charge in [0.15, 0.2) is 5.82 Å². The average molecular weight is 282 g/mol. The van der Waals surface area contributed by atoms with Crippen LogP contribution in [0, 0.1) is 6.92 Å². The van der Waals surface area contributed by atoms with Crippen LogP contribution in [-0.4, -0.2) is 36.3 Å². The fourth-order valence-electron chi connectivity index (χ4n) is 1.64. The molecule has 6 nitrogen and oxygen atoms in total. The lowest BCUT2D eigenvalue weighted by atomic mass is 10.3. The molecule has 0 bridgehead atoms. The van der Waals surface area contributed by atoms with E-state index >= 15 is 0 Å². The summed E-state index contributed by atoms with van der Waals surface area (Å²) in [6.07, 6.45) is 2.97. The van der Waals surface area contributed by atoms with Crippen LogP contribution < -0.4 is 15.8 Å². The molecule has 3 N–H and O–H groups in total. The summed E-state index contributed by atoms with van der Waals surface area (Å²) < 4.78 is 10.9. The van der Waals surface area contributed by atoms with Crippen LogP contribution >= 0.6 is 0 Å². The molecule has 1 rings (SSSR count). The Balaban J connectivity index is 2.56. The van der Waals surface area contributed by atoms with Gasteiger partial charge in [-0.15, -0.1) is 0 Å². The summed E-state index contributed by atoms with van der Waals surface area (Å²) in [5.41, 5.74) is 6.51. The second-order valence-electron chi connectivity index (χ2n) is 4.52. The Morgan fingerprint density at radius 1 is 1.15 bits per heavy atom. The van der Waals surface area contributed by atoms with Crippen molar-refractivity contribution in [1.82, 2.24) is 9.97 Å². The van der Waals surface area contributed by atoms with Gasteiger partial charge in [0.05, 0.1) is 6.61 Å². The normalized spacial score (nSPS) is 10.6. The molecule has 0 fully saturated rings. The van der Waals surface area contributed by atoms with E-state index in [1.807, 2.05) is 13.8 Å². The monoisotopic (exact) mass is 282 g/mol. The third kappa shape index (κ3) is 5.61. The van der Waals surface area contributed by atoms with Crippen molar-refractivity contribution in [1.29, 1.82) is 0 Å². The van der Waals surface area contributed by atoms with Crippen LogP contribution in [0.2, 0.25) is 0 Å². The minimum Gasteiger partial charge on any atom is -0.476 e. The van der Waals surface area contributed by atoms with Crippen LogP contribution in [0.4, 0.5) is 11.5 Å². The highest BCUT2D eigenvalue weighted by molar-refractivity contribution is 5.66. The number of anilines is 2. The molecule has 0 aliphatic carbocycles. The highest BCUT2D eigenvalue weighted by Crippen LogP contribution is 2.26. The number of nitrogens with zero attached hydrogens (tertiary/aromatic N) is 2. The highest BCUT2D eigenvalue weighted by Gasteiger charge is 2.10. The Kier molecular flexibility index (Phi) is 7.72. The van der Waals surface area contributed by atoms with Crippen molar-refractivity contribution in [3.05, 3.63) is 5.82 Å². The van der Waals surface area contributed by atoms with Crippen molar-refractivity contribution >= 4 is 11.5 Å². The lowest BCUT2D eigenvalue weighted by Crippen LogP contribution is -2.12. The number of rotatable bonds is 10. The molecule has 0 aromatic carbocycles. The molecule has 0 aliphatic rings. The first-order valence-electron chi connectivity index (χ1n) is 7.27. The molecule has 1 aromatic rings. The minimum atomic E-state index is 0.471. The van der Waals surface area contributed by atoms with E-state index in [1.165, 1.54) is 0 Å². The summed E-state index contributed by atoms with van der Waals surface area (Å²) >= 11 is 0. The van der Waals surface area contributed by atoms with E-state index in [-0.39, 0.29) is 0 Å². The summed E-state index contributed by atoms with van der Waals surface area (Å²) in [4.78, 5) is 8.55. The predicted octanol–water partition coefficient (Wildman–Crippen LogP) is 2.38. The van der Waals surface area contributed by atoms with Gasteiger partial charge in [-0.2, -0.15) is 4.98 Å². The molecule has 1 heterocycles. The molecular formula is C14H26N4O2. The van der Waals surface area contributed by atoms with Crippen molar-refractivity contribution in [3.63, 3.8) is 0 Å². The van der Waals surface area contributed by atoms with Gasteiger partial charge in [0, 0.05) is 19.8 Å². The minimum absolute atomic E-state index is 0.471. The van der Waals surface area contributed by atoms with E-state index in [2.05, 4.69) is 22.2 Å². The fraction of sp³-hybridized carbons (Fsp3) is 0.714. The van der Waals surface area contributed by atoms with Crippen LogP contribution in [0.15, 0.2) is 0 Å². The van der Waals surface area contributed by atoms with Gasteiger partial charge in [-0.25, -0.2) is 4.98 Å². The number of hydrogen-bond acceptors (Lipinski definition) is 6. The van der Waals surface area contributed by atoms with Crippen LogP contribution in [0.3, 0.4) is 0 Å². The molecule has 0 aliphatic heterocycles. The summed E-state index contributed by atoms with van der Waals surface area (Å²) in [5, 5.41) is 3.21. The second-order valence-corrected chi connectivity index (χ2v) is 4.52. The van der Waals surface area contributed by atoms with Crippen LogP contribution in [0.25, 0.3) is 0 Å². The maximum Gasteiger partial charge on any atom is 0.242 e. The quantitative estimate of drug-likeness (QED) is 0.641. The molecule has 0 spiro atoms. The SMILES string of the molecule is CCCCOc1nc(C)nc(NCCCOCC)c1N. The topological polar surface area (TPSA) is 82.3 Å². The number of ether oxygens (including phenoxy) is 2. The molecule has 0 amide bonds. The van der Waals surface area contributed by atoms with E-state index in [9.17, 15) is 0 Å². The van der Waals surface area contributed by atoms with E-state index in [4.69, 9.17) is 15.2 Å². The summed E-state index contributed by atoms with van der Waals surface area (Å²) in [5.74, 6) is 1.76. The molecule has 0 saturated heterocycles. The first kappa shape index (κ1) is 16.5. The molecular weight excluding hydrogens is 256 g/mol. The number of aromatic nitrogens is 2. The zero-order chi connectivity index (χ0) is 14.8. The molecule has 0 saturated carbocycles. The van der Waals surface area contributed by atoms with Crippen molar-refractivity contribution in [3.8, 4) is 5.88 Å². The molecule has 0 radical (unpaired) electrons. The van der Waals surface area contributed by atoms with Crippen molar-refractivity contribution in [2.75, 3.05) is 37.4 Å². The Hall–Kier alpha value is -1.56. The van der Waals surface area contributed by atoms with Gasteiger partial charge in [-0.05, 0) is 26.7 Å². The fourth-order valence-corrected chi connectivity index (χ4v) is 1.64. The van der Waals surface area contributed by atoms with Gasteiger partial charge in [-0.3, -0.25) is 0 Å². The number of nitrogen functional groups attached to an aromatic ring is 1. The molecule has 20 heavy (non-hydrogen) atoms. The van der Waals surface area contributed by atoms with Crippen LogP contribution in [0.5, 0.6) is 5.88 Å². The molecule has 1 aromatic heterocycles. The smallest absolute Gasteiger partial charge is 0.242 e. The standard InChI is InChI=1S/C14H26N4O2/c1-4-6-10-20-14-12(15)13(17-11(3)18-14)16-8-7-9-19-5-2/h4-10,15H2,1-3H3,(H,16,17,18). The lowest BCUT2D eigenvalue weighted by Gasteiger charge is -2.13. The maximum atomic E-state index is 6.03. The zero-order valence-electron chi connectivity index (χ0n) is 12.7. The van der Waals surface area contributed by atoms with Gasteiger partial charge in [0.25, 0.3) is 0 Å². The second kappa shape index (κ2) is 9.36. The Morgan fingerprint density at radius 3 is 2.65 bits per heavy atom. The number of unbranched alkanes of at least 4 members (excludes halogenated alkanes) is 1. The summed E-state index contributed by atoms with van der Waals surface area (Å²) in [7, 11) is 0. The van der Waals surface area contributed by atoms with Crippen molar-refractivity contribution in [2.24, 2.45) is 0 Å². The average Bonchev–Trinajstić information content (AvgIpc) is 2.43. The third-order valence-electron chi connectivity index (χ3n) is 2.72. The van der Waals surface area contributed by atoms with Gasteiger partial charge < -0.3 is 20.5 Å². The predicted molar refractivity (Wildman–Crippen MR) is 81.2 cm³/mol. The van der Waals surface area contributed by atoms with E-state index in [1.54, 1.807) is 0 Å². The Labute approximate surface area is 121 Å². The highest BCUT2D eigenvalue weighted by atomic mass is 16.5. The summed E-state index contributed by atoms with van der Waals surface area (Å²) in [6.45, 7) is 8.79. The third-order valence-corrected chi connectivity index (χ3v) is 2.72. The van der Waals surface area contributed by atoms with E-state index in [0.717, 1.165) is 39.0 Å². The van der Waals surface area contributed by atoms with E-state index < -0.39 is 0 Å². The number of nitrogens with two attached hydrogens (primary N) is 1. The van der Waals surface area contributed by atoms with E-state index in [0.29, 0.717) is 29.8 Å². The van der Waals surface area contributed by atoms with Crippen LogP contribution in [0.1, 0.15) is 38.9 Å². The maximum absolute atomic E-state index is 6.03. The van der Waals surface area contributed by atoms with Crippen molar-refractivity contribution < 1.29 is 9.47 Å². The largest absolute Gasteiger partial charge is 0.476 e. The van der Waals surface area contributed by atoms with Gasteiger partial charge in [0.2, 0.25) is 5.88 Å². The zero-order valence-corrected chi connectivity index (χ0v) is 12.7. The molecule has 114 valence electrons. The van der Waals surface area contributed by atoms with Gasteiger partial charge >= 0.3 is 0 Å². The van der Waals surface area contributed by atoms with Gasteiger partial charge in [0.1, 0.15) is 11.5 Å². The van der Waals surface area contributed by atoms with Crippen LogP contribution in [-0.2, 0) is 4.74 Å². The number of hydrogen-bond donors (Lipinski definition) is 2. The molecule has 0 atom stereocenters. The first-order chi connectivity index (χ1) is 9.69. The lowest BCUT2D eigenvalue weighted by molar-refractivity contribution is 0.147. The van der Waals surface area contributed by atoms with Crippen molar-refractivity contribution in [2.45, 2.75) is 40.0 Å². The molecule has 6 heteroatoms. The first-order valence-corrected chi connectivity index (χ1v) is 7.27. The number of nitrogens with one attached hydrogen (secondary N) is 1. The summed E-state index contributed by atoms with van der Waals surface area (Å²) in [6, 6.07) is 0. The Morgan fingerprint density at radius 2 is 1.95 bits per heavy atom. The Bertz CT molecular complexity index is 399. The number of aryl methyl sites for hydroxylation is 1.